The van der Waals surface area contributed by atoms with Crippen molar-refractivity contribution in [1.82, 2.24) is 9.97 Å². The molecule has 0 bridgehead atoms. The number of aromatic nitrogens is 2. The van der Waals surface area contributed by atoms with E-state index in [2.05, 4.69) is 28.7 Å². The number of ether oxygens (including phenoxy) is 1. The van der Waals surface area contributed by atoms with Crippen LogP contribution >= 0.6 is 0 Å². The second kappa shape index (κ2) is 3.81. The highest BCUT2D eigenvalue weighted by atomic mass is 16.5. The molecule has 0 saturated carbocycles. The molecule has 1 aromatic heterocycles. The third-order valence-corrected chi connectivity index (χ3v) is 2.97. The van der Waals surface area contributed by atoms with Crippen LogP contribution in [0.3, 0.4) is 0 Å². The van der Waals surface area contributed by atoms with Gasteiger partial charge in [-0.1, -0.05) is 13.8 Å². The van der Waals surface area contributed by atoms with Crippen molar-refractivity contribution in [2.24, 2.45) is 5.41 Å². The number of anilines is 1. The Bertz CT molecular complexity index is 439. The van der Waals surface area contributed by atoms with Crippen LogP contribution in [0.4, 0.5) is 5.82 Å². The number of H-pyrrole nitrogens is 1. The zero-order chi connectivity index (χ0) is 11.8. The van der Waals surface area contributed by atoms with Crippen LogP contribution in [0.15, 0.2) is 11.1 Å². The summed E-state index contributed by atoms with van der Waals surface area (Å²) in [5.41, 5.74) is 0.0483. The summed E-state index contributed by atoms with van der Waals surface area (Å²) < 4.78 is 5.11. The number of nitrogens with zero attached hydrogens (tertiary/aromatic N) is 2. The highest BCUT2D eigenvalue weighted by Gasteiger charge is 2.31. The zero-order valence-electron chi connectivity index (χ0n) is 9.91. The standard InChI is InChI=1S/C11H17N3O2/c1-11(2)4-5-14(6-11)9-8(16-3)10(15)13-7-12-9/h7H,4-6H2,1-3H3,(H,12,13,15). The van der Waals surface area contributed by atoms with Gasteiger partial charge in [-0.3, -0.25) is 4.79 Å². The van der Waals surface area contributed by atoms with Crippen LogP contribution in [0, 0.1) is 5.41 Å². The topological polar surface area (TPSA) is 58.2 Å². The minimum absolute atomic E-state index is 0.225. The lowest BCUT2D eigenvalue weighted by Gasteiger charge is -2.21. The lowest BCUT2D eigenvalue weighted by atomic mass is 9.93. The quantitative estimate of drug-likeness (QED) is 0.813. The van der Waals surface area contributed by atoms with Crippen molar-refractivity contribution in [2.75, 3.05) is 25.1 Å². The second-order valence-electron chi connectivity index (χ2n) is 4.92. The fourth-order valence-corrected chi connectivity index (χ4v) is 2.08. The van der Waals surface area contributed by atoms with Gasteiger partial charge in [-0.2, -0.15) is 0 Å². The normalized spacial score (nSPS) is 18.8. The fourth-order valence-electron chi connectivity index (χ4n) is 2.08. The average molecular weight is 223 g/mol. The monoisotopic (exact) mass is 223 g/mol. The Morgan fingerprint density at radius 1 is 1.56 bits per heavy atom. The van der Waals surface area contributed by atoms with Crippen molar-refractivity contribution < 1.29 is 4.74 Å². The van der Waals surface area contributed by atoms with Crippen molar-refractivity contribution in [3.8, 4) is 5.75 Å². The first-order valence-corrected chi connectivity index (χ1v) is 5.40. The smallest absolute Gasteiger partial charge is 0.295 e. The number of rotatable bonds is 2. The van der Waals surface area contributed by atoms with E-state index in [0.717, 1.165) is 19.5 Å². The van der Waals surface area contributed by atoms with Crippen molar-refractivity contribution in [2.45, 2.75) is 20.3 Å². The molecule has 2 heterocycles. The van der Waals surface area contributed by atoms with Crippen molar-refractivity contribution in [1.29, 1.82) is 0 Å². The number of methoxy groups -OCH3 is 1. The van der Waals surface area contributed by atoms with E-state index in [1.165, 1.54) is 13.4 Å². The second-order valence-corrected chi connectivity index (χ2v) is 4.92. The molecule has 1 N–H and O–H groups in total. The Balaban J connectivity index is 2.35. The minimum Gasteiger partial charge on any atom is -0.489 e. The summed E-state index contributed by atoms with van der Waals surface area (Å²) >= 11 is 0. The van der Waals surface area contributed by atoms with E-state index >= 15 is 0 Å². The SMILES string of the molecule is COc1c(N2CCC(C)(C)C2)nc[nH]c1=O. The summed E-state index contributed by atoms with van der Waals surface area (Å²) in [6, 6.07) is 0. The van der Waals surface area contributed by atoms with Gasteiger partial charge in [-0.05, 0) is 11.8 Å². The molecule has 1 aliphatic heterocycles. The molecule has 0 unspecified atom stereocenters. The van der Waals surface area contributed by atoms with E-state index in [0.29, 0.717) is 11.6 Å². The maximum atomic E-state index is 11.5. The number of nitrogens with one attached hydrogen (secondary N) is 1. The van der Waals surface area contributed by atoms with Gasteiger partial charge >= 0.3 is 0 Å². The van der Waals surface area contributed by atoms with Gasteiger partial charge in [-0.25, -0.2) is 4.98 Å². The van der Waals surface area contributed by atoms with E-state index in [1.807, 2.05) is 0 Å². The molecule has 1 aliphatic rings. The molecule has 16 heavy (non-hydrogen) atoms. The maximum absolute atomic E-state index is 11.5. The Hall–Kier alpha value is -1.52. The Kier molecular flexibility index (Phi) is 2.61. The van der Waals surface area contributed by atoms with Crippen LogP contribution in [0.2, 0.25) is 0 Å². The van der Waals surface area contributed by atoms with Gasteiger partial charge in [0.25, 0.3) is 5.56 Å². The van der Waals surface area contributed by atoms with Gasteiger partial charge in [0.1, 0.15) is 0 Å². The van der Waals surface area contributed by atoms with Gasteiger partial charge < -0.3 is 14.6 Å². The Labute approximate surface area is 94.5 Å². The molecule has 5 heteroatoms. The first kappa shape index (κ1) is 11.0. The van der Waals surface area contributed by atoms with Gasteiger partial charge in [0, 0.05) is 13.1 Å². The molecule has 5 nitrogen and oxygen atoms in total. The van der Waals surface area contributed by atoms with Crippen LogP contribution in [-0.2, 0) is 0 Å². The molecule has 0 aliphatic carbocycles. The molecule has 0 radical (unpaired) electrons. The van der Waals surface area contributed by atoms with Crippen LogP contribution in [0.25, 0.3) is 0 Å². The van der Waals surface area contributed by atoms with Crippen LogP contribution in [0.5, 0.6) is 5.75 Å². The lowest BCUT2D eigenvalue weighted by molar-refractivity contribution is 0.402. The largest absolute Gasteiger partial charge is 0.489 e. The molecule has 0 spiro atoms. The predicted octanol–water partition coefficient (Wildman–Crippen LogP) is 1.01. The Morgan fingerprint density at radius 3 is 2.88 bits per heavy atom. The summed E-state index contributed by atoms with van der Waals surface area (Å²) in [7, 11) is 1.50. The van der Waals surface area contributed by atoms with Crippen LogP contribution in [0.1, 0.15) is 20.3 Å². The summed E-state index contributed by atoms with van der Waals surface area (Å²) in [5, 5.41) is 0. The molecule has 0 amide bonds. The minimum atomic E-state index is -0.225. The highest BCUT2D eigenvalue weighted by molar-refractivity contribution is 5.51. The molecule has 88 valence electrons. The molecule has 1 fully saturated rings. The summed E-state index contributed by atoms with van der Waals surface area (Å²) in [4.78, 5) is 20.4. The third kappa shape index (κ3) is 1.89. The Morgan fingerprint density at radius 2 is 2.31 bits per heavy atom. The molecule has 1 aromatic rings. The maximum Gasteiger partial charge on any atom is 0.295 e. The van der Waals surface area contributed by atoms with Crippen LogP contribution in [-0.4, -0.2) is 30.2 Å². The predicted molar refractivity (Wildman–Crippen MR) is 62.0 cm³/mol. The van der Waals surface area contributed by atoms with E-state index in [9.17, 15) is 4.79 Å². The average Bonchev–Trinajstić information content (AvgIpc) is 2.58. The third-order valence-electron chi connectivity index (χ3n) is 2.97. The van der Waals surface area contributed by atoms with Crippen molar-refractivity contribution >= 4 is 5.82 Å². The zero-order valence-corrected chi connectivity index (χ0v) is 9.91. The number of hydrogen-bond acceptors (Lipinski definition) is 4. The number of hydrogen-bond donors (Lipinski definition) is 1. The summed E-state index contributed by atoms with van der Waals surface area (Å²) in [6.45, 7) is 6.25. The first-order valence-electron chi connectivity index (χ1n) is 5.40. The first-order chi connectivity index (χ1) is 7.53. The van der Waals surface area contributed by atoms with E-state index in [4.69, 9.17) is 4.74 Å². The molecular weight excluding hydrogens is 206 g/mol. The summed E-state index contributed by atoms with van der Waals surface area (Å²) in [6.07, 6.45) is 2.52. The van der Waals surface area contributed by atoms with E-state index in [1.54, 1.807) is 0 Å². The molecule has 0 atom stereocenters. The van der Waals surface area contributed by atoms with Gasteiger partial charge in [0.15, 0.2) is 5.82 Å². The lowest BCUT2D eigenvalue weighted by Crippen LogP contribution is -2.26. The highest BCUT2D eigenvalue weighted by Crippen LogP contribution is 2.33. The molecule has 0 aromatic carbocycles. The molecule has 1 saturated heterocycles. The summed E-state index contributed by atoms with van der Waals surface area (Å²) in [5.74, 6) is 0.956. The van der Waals surface area contributed by atoms with Gasteiger partial charge in [0.2, 0.25) is 5.75 Å². The van der Waals surface area contributed by atoms with E-state index < -0.39 is 0 Å². The fraction of sp³-hybridized carbons (Fsp3) is 0.636. The van der Waals surface area contributed by atoms with E-state index in [-0.39, 0.29) is 11.0 Å². The van der Waals surface area contributed by atoms with Crippen molar-refractivity contribution in [3.63, 3.8) is 0 Å². The van der Waals surface area contributed by atoms with Gasteiger partial charge in [0.05, 0.1) is 13.4 Å². The number of aromatic amines is 1. The molecule has 2 rings (SSSR count). The van der Waals surface area contributed by atoms with Crippen molar-refractivity contribution in [3.05, 3.63) is 16.7 Å². The van der Waals surface area contributed by atoms with Crippen LogP contribution < -0.4 is 15.2 Å². The van der Waals surface area contributed by atoms with Gasteiger partial charge in [-0.15, -0.1) is 0 Å². The molecular formula is C11H17N3O2.